The van der Waals surface area contributed by atoms with E-state index in [4.69, 9.17) is 4.74 Å². The second kappa shape index (κ2) is 6.90. The van der Waals surface area contributed by atoms with Gasteiger partial charge < -0.3 is 9.64 Å². The Hall–Kier alpha value is -0.870. The lowest BCUT2D eigenvalue weighted by Gasteiger charge is -2.36. The monoisotopic (exact) mass is 252 g/mol. The van der Waals surface area contributed by atoms with Gasteiger partial charge in [0.1, 0.15) is 0 Å². The normalized spacial score (nSPS) is 25.7. The van der Waals surface area contributed by atoms with Crippen LogP contribution in [0.2, 0.25) is 0 Å². The second-order valence-corrected chi connectivity index (χ2v) is 5.26. The molecule has 1 atom stereocenters. The number of hydrogen-bond acceptors (Lipinski definition) is 3. The molecule has 1 saturated heterocycles. The highest BCUT2D eigenvalue weighted by Crippen LogP contribution is 2.20. The Bertz CT molecular complexity index is 304. The summed E-state index contributed by atoms with van der Waals surface area (Å²) in [6.45, 7) is 4.90. The molecule has 1 unspecified atom stereocenters. The van der Waals surface area contributed by atoms with Crippen LogP contribution in [0.15, 0.2) is 12.2 Å². The Labute approximate surface area is 110 Å². The number of methoxy groups -OCH3 is 1. The third kappa shape index (κ3) is 3.82. The maximum absolute atomic E-state index is 12.0. The molecule has 4 heteroatoms. The highest BCUT2D eigenvalue weighted by molar-refractivity contribution is 5.79. The zero-order valence-electron chi connectivity index (χ0n) is 11.3. The Morgan fingerprint density at radius 2 is 2.28 bits per heavy atom. The molecule has 0 radical (unpaired) electrons. The molecular weight excluding hydrogens is 228 g/mol. The first kappa shape index (κ1) is 13.6. The average molecular weight is 252 g/mol. The van der Waals surface area contributed by atoms with E-state index in [9.17, 15) is 4.79 Å². The molecule has 0 aromatic rings. The number of carbonyl (C=O) groups is 1. The van der Waals surface area contributed by atoms with Gasteiger partial charge in [-0.15, -0.1) is 0 Å². The van der Waals surface area contributed by atoms with Gasteiger partial charge in [0, 0.05) is 33.3 Å². The van der Waals surface area contributed by atoms with E-state index >= 15 is 0 Å². The fourth-order valence-corrected chi connectivity index (χ4v) is 2.74. The lowest BCUT2D eigenvalue weighted by atomic mass is 9.94. The molecule has 1 fully saturated rings. The van der Waals surface area contributed by atoms with Crippen LogP contribution in [0, 0.1) is 5.92 Å². The zero-order chi connectivity index (χ0) is 12.8. The number of amides is 1. The number of hydrogen-bond donors (Lipinski definition) is 0. The minimum absolute atomic E-state index is 0.254. The Morgan fingerprint density at radius 3 is 2.94 bits per heavy atom. The molecule has 0 spiro atoms. The van der Waals surface area contributed by atoms with Crippen LogP contribution in [0.1, 0.15) is 19.3 Å². The third-order valence-corrected chi connectivity index (χ3v) is 3.86. The van der Waals surface area contributed by atoms with Crippen molar-refractivity contribution in [3.63, 3.8) is 0 Å². The van der Waals surface area contributed by atoms with Crippen molar-refractivity contribution in [2.75, 3.05) is 46.4 Å². The maximum Gasteiger partial charge on any atom is 0.236 e. The Morgan fingerprint density at radius 1 is 1.39 bits per heavy atom. The van der Waals surface area contributed by atoms with Crippen molar-refractivity contribution < 1.29 is 9.53 Å². The molecule has 1 aliphatic carbocycles. The van der Waals surface area contributed by atoms with Gasteiger partial charge in [0.05, 0.1) is 13.2 Å². The number of ether oxygens (including phenoxy) is 1. The van der Waals surface area contributed by atoms with Gasteiger partial charge >= 0.3 is 0 Å². The lowest BCUT2D eigenvalue weighted by molar-refractivity contribution is -0.136. The van der Waals surface area contributed by atoms with Gasteiger partial charge in [-0.25, -0.2) is 0 Å². The first-order chi connectivity index (χ1) is 8.79. The molecule has 4 nitrogen and oxygen atoms in total. The molecule has 18 heavy (non-hydrogen) atoms. The molecule has 102 valence electrons. The van der Waals surface area contributed by atoms with Gasteiger partial charge in [-0.2, -0.15) is 0 Å². The predicted molar refractivity (Wildman–Crippen MR) is 71.4 cm³/mol. The summed E-state index contributed by atoms with van der Waals surface area (Å²) in [6.07, 6.45) is 8.20. The topological polar surface area (TPSA) is 32.8 Å². The van der Waals surface area contributed by atoms with Gasteiger partial charge in [-0.3, -0.25) is 9.69 Å². The smallest absolute Gasteiger partial charge is 0.236 e. The molecule has 0 aromatic carbocycles. The van der Waals surface area contributed by atoms with Crippen LogP contribution in [0.4, 0.5) is 0 Å². The van der Waals surface area contributed by atoms with Gasteiger partial charge in [0.2, 0.25) is 5.91 Å². The molecule has 2 rings (SSSR count). The number of rotatable bonds is 5. The minimum atomic E-state index is 0.254. The maximum atomic E-state index is 12.0. The highest BCUT2D eigenvalue weighted by Gasteiger charge is 2.25. The van der Waals surface area contributed by atoms with Crippen molar-refractivity contribution in [3.05, 3.63) is 12.2 Å². The lowest BCUT2D eigenvalue weighted by Crippen LogP contribution is -2.52. The van der Waals surface area contributed by atoms with Gasteiger partial charge in [-0.1, -0.05) is 12.2 Å². The van der Waals surface area contributed by atoms with Crippen molar-refractivity contribution in [1.82, 2.24) is 9.80 Å². The molecule has 0 aromatic heterocycles. The first-order valence-electron chi connectivity index (χ1n) is 6.93. The zero-order valence-corrected chi connectivity index (χ0v) is 11.3. The molecule has 1 heterocycles. The van der Waals surface area contributed by atoms with E-state index < -0.39 is 0 Å². The van der Waals surface area contributed by atoms with E-state index in [1.165, 1.54) is 19.3 Å². The van der Waals surface area contributed by atoms with Crippen molar-refractivity contribution in [3.8, 4) is 0 Å². The molecule has 2 aliphatic rings. The van der Waals surface area contributed by atoms with Gasteiger partial charge in [0.25, 0.3) is 0 Å². The van der Waals surface area contributed by atoms with E-state index in [-0.39, 0.29) is 5.91 Å². The predicted octanol–water partition coefficient (Wildman–Crippen LogP) is 1.13. The summed E-state index contributed by atoms with van der Waals surface area (Å²) in [5.41, 5.74) is 0. The SMILES string of the molecule is COCCN1CCN(CC2CC=CCC2)CC1=O. The van der Waals surface area contributed by atoms with Crippen LogP contribution in [0.3, 0.4) is 0 Å². The summed E-state index contributed by atoms with van der Waals surface area (Å²) in [5.74, 6) is 0.998. The number of nitrogens with zero attached hydrogens (tertiary/aromatic N) is 2. The summed E-state index contributed by atoms with van der Waals surface area (Å²) in [5, 5.41) is 0. The van der Waals surface area contributed by atoms with E-state index in [0.29, 0.717) is 13.2 Å². The third-order valence-electron chi connectivity index (χ3n) is 3.86. The van der Waals surface area contributed by atoms with Crippen LogP contribution in [0.5, 0.6) is 0 Å². The molecule has 1 amide bonds. The highest BCUT2D eigenvalue weighted by atomic mass is 16.5. The van der Waals surface area contributed by atoms with Crippen LogP contribution in [0.25, 0.3) is 0 Å². The van der Waals surface area contributed by atoms with Crippen LogP contribution in [-0.4, -0.2) is 62.1 Å². The fraction of sp³-hybridized carbons (Fsp3) is 0.786. The Balaban J connectivity index is 1.73. The van der Waals surface area contributed by atoms with Crippen LogP contribution < -0.4 is 0 Å². The second-order valence-electron chi connectivity index (χ2n) is 5.26. The van der Waals surface area contributed by atoms with Crippen LogP contribution >= 0.6 is 0 Å². The molecule has 0 saturated carbocycles. The molecule has 0 N–H and O–H groups in total. The van der Waals surface area contributed by atoms with Crippen molar-refractivity contribution in [2.45, 2.75) is 19.3 Å². The molecular formula is C14H24N2O2. The largest absolute Gasteiger partial charge is 0.383 e. The summed E-state index contributed by atoms with van der Waals surface area (Å²) in [7, 11) is 1.68. The van der Waals surface area contributed by atoms with Gasteiger partial charge in [-0.05, 0) is 25.2 Å². The molecule has 0 bridgehead atoms. The van der Waals surface area contributed by atoms with Crippen LogP contribution in [-0.2, 0) is 9.53 Å². The summed E-state index contributed by atoms with van der Waals surface area (Å²) in [4.78, 5) is 16.2. The van der Waals surface area contributed by atoms with Crippen molar-refractivity contribution in [2.24, 2.45) is 5.92 Å². The first-order valence-corrected chi connectivity index (χ1v) is 6.93. The average Bonchev–Trinajstić information content (AvgIpc) is 2.39. The quantitative estimate of drug-likeness (QED) is 0.688. The number of carbonyl (C=O) groups excluding carboxylic acids is 1. The minimum Gasteiger partial charge on any atom is -0.383 e. The van der Waals surface area contributed by atoms with Crippen molar-refractivity contribution in [1.29, 1.82) is 0 Å². The summed E-state index contributed by atoms with van der Waals surface area (Å²) in [6, 6.07) is 0. The number of allylic oxidation sites excluding steroid dienone is 2. The Kier molecular flexibility index (Phi) is 5.20. The molecule has 1 aliphatic heterocycles. The van der Waals surface area contributed by atoms with E-state index in [1.807, 2.05) is 4.90 Å². The van der Waals surface area contributed by atoms with Gasteiger partial charge in [0.15, 0.2) is 0 Å². The van der Waals surface area contributed by atoms with E-state index in [0.717, 1.165) is 32.1 Å². The van der Waals surface area contributed by atoms with Crippen molar-refractivity contribution >= 4 is 5.91 Å². The summed E-state index contributed by atoms with van der Waals surface area (Å²) < 4.78 is 5.03. The summed E-state index contributed by atoms with van der Waals surface area (Å²) >= 11 is 0. The van der Waals surface area contributed by atoms with E-state index in [2.05, 4.69) is 17.1 Å². The standard InChI is InChI=1S/C14H24N2O2/c1-18-10-9-16-8-7-15(12-14(16)17)11-13-5-3-2-4-6-13/h2-3,13H,4-12H2,1H3. The fourth-order valence-electron chi connectivity index (χ4n) is 2.74. The number of piperazine rings is 1. The van der Waals surface area contributed by atoms with E-state index in [1.54, 1.807) is 7.11 Å².